The topological polar surface area (TPSA) is 85.2 Å². The molecule has 1 aromatic rings. The number of alkyl halides is 3. The fourth-order valence-corrected chi connectivity index (χ4v) is 1.36. The lowest BCUT2D eigenvalue weighted by Gasteiger charge is -2.09. The van der Waals surface area contributed by atoms with E-state index in [4.69, 9.17) is 10.4 Å². The van der Waals surface area contributed by atoms with Gasteiger partial charge >= 0.3 is 6.18 Å². The van der Waals surface area contributed by atoms with E-state index in [1.807, 2.05) is 0 Å². The molecule has 0 aliphatic heterocycles. The largest absolute Gasteiger partial charge is 0.416 e. The summed E-state index contributed by atoms with van der Waals surface area (Å²) >= 11 is 0. The van der Waals surface area contributed by atoms with Crippen LogP contribution in [0.15, 0.2) is 36.0 Å². The molecule has 0 saturated carbocycles. The van der Waals surface area contributed by atoms with Crippen molar-refractivity contribution in [1.82, 2.24) is 5.32 Å². The molecule has 5 nitrogen and oxygen atoms in total. The van der Waals surface area contributed by atoms with Crippen LogP contribution in [0.25, 0.3) is 0 Å². The molecule has 0 heterocycles. The SMILES string of the molecule is N#C/C(=C/NCCO)C(=O)Nc1cccc(C(F)(F)F)c1. The van der Waals surface area contributed by atoms with Gasteiger partial charge in [0.25, 0.3) is 5.91 Å². The number of nitrogens with zero attached hydrogens (tertiary/aromatic N) is 1. The zero-order valence-corrected chi connectivity index (χ0v) is 10.7. The first-order valence-electron chi connectivity index (χ1n) is 5.81. The van der Waals surface area contributed by atoms with Gasteiger partial charge in [-0.3, -0.25) is 4.79 Å². The van der Waals surface area contributed by atoms with E-state index in [1.165, 1.54) is 6.07 Å². The first-order valence-corrected chi connectivity index (χ1v) is 5.81. The third-order valence-electron chi connectivity index (χ3n) is 2.32. The maximum Gasteiger partial charge on any atom is 0.416 e. The number of hydrogen-bond donors (Lipinski definition) is 3. The van der Waals surface area contributed by atoms with Crippen molar-refractivity contribution in [3.63, 3.8) is 0 Å². The van der Waals surface area contributed by atoms with Gasteiger partial charge in [-0.2, -0.15) is 18.4 Å². The number of anilines is 1. The van der Waals surface area contributed by atoms with Crippen LogP contribution in [-0.2, 0) is 11.0 Å². The smallest absolute Gasteiger partial charge is 0.395 e. The Morgan fingerprint density at radius 1 is 1.43 bits per heavy atom. The summed E-state index contributed by atoms with van der Waals surface area (Å²) in [6.07, 6.45) is -3.43. The number of nitrogens with one attached hydrogen (secondary N) is 2. The summed E-state index contributed by atoms with van der Waals surface area (Å²) in [7, 11) is 0. The number of carbonyl (C=O) groups excluding carboxylic acids is 1. The molecule has 0 atom stereocenters. The van der Waals surface area contributed by atoms with Crippen LogP contribution >= 0.6 is 0 Å². The highest BCUT2D eigenvalue weighted by molar-refractivity contribution is 6.06. The minimum absolute atomic E-state index is 0.0712. The third-order valence-corrected chi connectivity index (χ3v) is 2.32. The highest BCUT2D eigenvalue weighted by atomic mass is 19.4. The van der Waals surface area contributed by atoms with Crippen LogP contribution < -0.4 is 10.6 Å². The zero-order chi connectivity index (χ0) is 15.9. The average molecular weight is 299 g/mol. The number of rotatable bonds is 5. The number of aliphatic hydroxyl groups excluding tert-OH is 1. The second-order valence-electron chi connectivity index (χ2n) is 3.88. The quantitative estimate of drug-likeness (QED) is 0.438. The van der Waals surface area contributed by atoms with Crippen LogP contribution in [-0.4, -0.2) is 24.2 Å². The minimum Gasteiger partial charge on any atom is -0.395 e. The molecule has 8 heteroatoms. The van der Waals surface area contributed by atoms with Crippen LogP contribution in [0.2, 0.25) is 0 Å². The molecule has 0 aliphatic rings. The maximum atomic E-state index is 12.5. The molecule has 0 spiro atoms. The Hall–Kier alpha value is -2.53. The number of amides is 1. The molecule has 0 aliphatic carbocycles. The molecule has 0 unspecified atom stereocenters. The van der Waals surface area contributed by atoms with E-state index in [2.05, 4.69) is 10.6 Å². The monoisotopic (exact) mass is 299 g/mol. The number of aliphatic hydroxyl groups is 1. The summed E-state index contributed by atoms with van der Waals surface area (Å²) in [5.41, 5.74) is -1.29. The van der Waals surface area contributed by atoms with E-state index < -0.39 is 17.6 Å². The fraction of sp³-hybridized carbons (Fsp3) is 0.231. The first kappa shape index (κ1) is 16.5. The predicted molar refractivity (Wildman–Crippen MR) is 68.9 cm³/mol. The highest BCUT2D eigenvalue weighted by Crippen LogP contribution is 2.30. The average Bonchev–Trinajstić information content (AvgIpc) is 2.43. The van der Waals surface area contributed by atoms with Crippen LogP contribution in [0.5, 0.6) is 0 Å². The van der Waals surface area contributed by atoms with Crippen molar-refractivity contribution in [2.24, 2.45) is 0 Å². The van der Waals surface area contributed by atoms with E-state index in [9.17, 15) is 18.0 Å². The molecular weight excluding hydrogens is 287 g/mol. The van der Waals surface area contributed by atoms with Gasteiger partial charge in [-0.25, -0.2) is 0 Å². The molecule has 0 radical (unpaired) electrons. The van der Waals surface area contributed by atoms with Gasteiger partial charge < -0.3 is 15.7 Å². The standard InChI is InChI=1S/C13H12F3N3O2/c14-13(15,16)10-2-1-3-11(6-10)19-12(21)9(7-17)8-18-4-5-20/h1-3,6,8,18,20H,4-5H2,(H,19,21)/b9-8-. The third kappa shape index (κ3) is 5.16. The Morgan fingerprint density at radius 3 is 2.71 bits per heavy atom. The van der Waals surface area contributed by atoms with Crippen LogP contribution in [0.4, 0.5) is 18.9 Å². The lowest BCUT2D eigenvalue weighted by molar-refractivity contribution is -0.137. The van der Waals surface area contributed by atoms with Crippen molar-refractivity contribution in [3.8, 4) is 6.07 Å². The Kier molecular flexibility index (Phi) is 5.75. The van der Waals surface area contributed by atoms with E-state index in [0.29, 0.717) is 0 Å². The van der Waals surface area contributed by atoms with E-state index in [0.717, 1.165) is 24.4 Å². The zero-order valence-electron chi connectivity index (χ0n) is 10.7. The summed E-state index contributed by atoms with van der Waals surface area (Å²) in [5.74, 6) is -0.845. The summed E-state index contributed by atoms with van der Waals surface area (Å²) < 4.78 is 37.6. The molecule has 3 N–H and O–H groups in total. The van der Waals surface area contributed by atoms with E-state index in [1.54, 1.807) is 6.07 Å². The number of benzene rings is 1. The van der Waals surface area contributed by atoms with Crippen molar-refractivity contribution in [1.29, 1.82) is 5.26 Å². The molecule has 0 aromatic heterocycles. The summed E-state index contributed by atoms with van der Waals surface area (Å²) in [5, 5.41) is 22.1. The van der Waals surface area contributed by atoms with Gasteiger partial charge in [-0.1, -0.05) is 6.07 Å². The maximum absolute atomic E-state index is 12.5. The number of nitriles is 1. The van der Waals surface area contributed by atoms with Crippen LogP contribution in [0.1, 0.15) is 5.56 Å². The fourth-order valence-electron chi connectivity index (χ4n) is 1.36. The first-order chi connectivity index (χ1) is 9.88. The molecule has 21 heavy (non-hydrogen) atoms. The molecule has 0 bridgehead atoms. The van der Waals surface area contributed by atoms with Gasteiger partial charge in [0.2, 0.25) is 0 Å². The Morgan fingerprint density at radius 2 is 2.14 bits per heavy atom. The van der Waals surface area contributed by atoms with Gasteiger partial charge in [-0.05, 0) is 18.2 Å². The Labute approximate surface area is 118 Å². The van der Waals surface area contributed by atoms with Gasteiger partial charge in [0.05, 0.1) is 12.2 Å². The van der Waals surface area contributed by atoms with Gasteiger partial charge in [0, 0.05) is 18.4 Å². The van der Waals surface area contributed by atoms with Crippen molar-refractivity contribution < 1.29 is 23.1 Å². The lowest BCUT2D eigenvalue weighted by Crippen LogP contribution is -2.18. The van der Waals surface area contributed by atoms with Crippen molar-refractivity contribution in [2.45, 2.75) is 6.18 Å². The highest BCUT2D eigenvalue weighted by Gasteiger charge is 2.30. The molecule has 112 valence electrons. The van der Waals surface area contributed by atoms with Gasteiger partial charge in [0.1, 0.15) is 11.6 Å². The Bertz CT molecular complexity index is 577. The van der Waals surface area contributed by atoms with Crippen LogP contribution in [0, 0.1) is 11.3 Å². The number of carbonyl (C=O) groups is 1. The van der Waals surface area contributed by atoms with Crippen molar-refractivity contribution >= 4 is 11.6 Å². The van der Waals surface area contributed by atoms with Crippen molar-refractivity contribution in [3.05, 3.63) is 41.6 Å². The minimum atomic E-state index is -4.52. The van der Waals surface area contributed by atoms with E-state index in [-0.39, 0.29) is 24.4 Å². The van der Waals surface area contributed by atoms with Crippen LogP contribution in [0.3, 0.4) is 0 Å². The van der Waals surface area contributed by atoms with Crippen molar-refractivity contribution in [2.75, 3.05) is 18.5 Å². The molecule has 0 fully saturated rings. The summed E-state index contributed by atoms with van der Waals surface area (Å²) in [6.45, 7) is -0.0491. The molecular formula is C13H12F3N3O2. The molecule has 1 amide bonds. The number of halogens is 3. The summed E-state index contributed by atoms with van der Waals surface area (Å²) in [4.78, 5) is 11.7. The summed E-state index contributed by atoms with van der Waals surface area (Å²) in [6, 6.07) is 5.69. The molecule has 0 saturated heterocycles. The van der Waals surface area contributed by atoms with E-state index >= 15 is 0 Å². The second kappa shape index (κ2) is 7.31. The van der Waals surface area contributed by atoms with Gasteiger partial charge in [0.15, 0.2) is 0 Å². The normalized spacial score (nSPS) is 11.7. The Balaban J connectivity index is 2.83. The molecule has 1 rings (SSSR count). The number of hydrogen-bond acceptors (Lipinski definition) is 4. The lowest BCUT2D eigenvalue weighted by atomic mass is 10.2. The molecule has 1 aromatic carbocycles. The predicted octanol–water partition coefficient (Wildman–Crippen LogP) is 1.63. The van der Waals surface area contributed by atoms with Gasteiger partial charge in [-0.15, -0.1) is 0 Å². The second-order valence-corrected chi connectivity index (χ2v) is 3.88.